The number of nitrogens with zero attached hydrogens (tertiary/aromatic N) is 1. The first-order valence-corrected chi connectivity index (χ1v) is 7.10. The second-order valence-electron chi connectivity index (χ2n) is 5.03. The number of amides is 1. The van der Waals surface area contributed by atoms with Gasteiger partial charge in [-0.15, -0.1) is 0 Å². The molecule has 6 nitrogen and oxygen atoms in total. The molecule has 1 aromatic carbocycles. The Morgan fingerprint density at radius 2 is 1.96 bits per heavy atom. The lowest BCUT2D eigenvalue weighted by Gasteiger charge is -2.09. The lowest BCUT2D eigenvalue weighted by atomic mass is 10.2. The van der Waals surface area contributed by atoms with Gasteiger partial charge < -0.3 is 14.6 Å². The number of rotatable bonds is 5. The minimum absolute atomic E-state index is 0.0334. The maximum absolute atomic E-state index is 12.2. The van der Waals surface area contributed by atoms with E-state index < -0.39 is 5.97 Å². The number of esters is 1. The van der Waals surface area contributed by atoms with E-state index in [1.54, 1.807) is 19.9 Å². The Hall–Kier alpha value is -2.89. The van der Waals surface area contributed by atoms with E-state index in [0.29, 0.717) is 11.5 Å². The molecule has 0 saturated heterocycles. The minimum Gasteiger partial charge on any atom is -0.456 e. The Morgan fingerprint density at radius 1 is 1.26 bits per heavy atom. The monoisotopic (exact) mass is 314 g/mol. The number of ether oxygens (including phenoxy) is 1. The highest BCUT2D eigenvalue weighted by Gasteiger charge is 2.16. The van der Waals surface area contributed by atoms with Crippen molar-refractivity contribution in [2.24, 2.45) is 0 Å². The molecule has 2 rings (SSSR count). The molecule has 0 aliphatic heterocycles. The molecule has 120 valence electrons. The van der Waals surface area contributed by atoms with Gasteiger partial charge in [0.25, 0.3) is 0 Å². The molecule has 0 radical (unpaired) electrons. The summed E-state index contributed by atoms with van der Waals surface area (Å²) in [5.41, 5.74) is 2.25. The maximum atomic E-state index is 12.2. The van der Waals surface area contributed by atoms with Crippen LogP contribution < -0.4 is 5.32 Å². The maximum Gasteiger partial charge on any atom is 0.355 e. The third-order valence-corrected chi connectivity index (χ3v) is 3.17. The quantitative estimate of drug-likeness (QED) is 0.677. The number of hydrogen-bond donors (Lipinski definition) is 1. The van der Waals surface area contributed by atoms with Gasteiger partial charge in [-0.05, 0) is 25.5 Å². The summed E-state index contributed by atoms with van der Waals surface area (Å²) in [6, 6.07) is 9.19. The van der Waals surface area contributed by atoms with Crippen molar-refractivity contribution < 1.29 is 18.8 Å². The number of nitrogens with one attached hydrogen (secondary N) is 1. The fourth-order valence-corrected chi connectivity index (χ4v) is 1.98. The van der Waals surface area contributed by atoms with Gasteiger partial charge in [0.2, 0.25) is 5.91 Å². The molecule has 23 heavy (non-hydrogen) atoms. The van der Waals surface area contributed by atoms with Crippen molar-refractivity contribution in [2.75, 3.05) is 0 Å². The Labute approximate surface area is 134 Å². The first kappa shape index (κ1) is 16.5. The summed E-state index contributed by atoms with van der Waals surface area (Å²) in [5, 5.41) is 6.30. The fraction of sp³-hybridized carbons (Fsp3) is 0.235. The van der Waals surface area contributed by atoms with Crippen LogP contribution in [-0.4, -0.2) is 17.0 Å². The van der Waals surface area contributed by atoms with Gasteiger partial charge in [-0.2, -0.15) is 0 Å². The van der Waals surface area contributed by atoms with Gasteiger partial charge in [0.15, 0.2) is 0 Å². The SMILES string of the molecule is CC(=O)N/C(=C/c1ccccc1)C(=O)OCc1c(C)noc1C. The summed E-state index contributed by atoms with van der Waals surface area (Å²) in [6.07, 6.45) is 1.57. The van der Waals surface area contributed by atoms with Crippen LogP contribution in [0.15, 0.2) is 40.6 Å². The van der Waals surface area contributed by atoms with Crippen molar-refractivity contribution in [3.63, 3.8) is 0 Å². The molecule has 2 aromatic rings. The first-order chi connectivity index (χ1) is 11.0. The molecule has 0 aliphatic carbocycles. The average molecular weight is 314 g/mol. The van der Waals surface area contributed by atoms with Gasteiger partial charge in [0.1, 0.15) is 18.1 Å². The highest BCUT2D eigenvalue weighted by atomic mass is 16.5. The van der Waals surface area contributed by atoms with Gasteiger partial charge in [-0.25, -0.2) is 4.79 Å². The third kappa shape index (κ3) is 4.54. The number of aryl methyl sites for hydroxylation is 2. The molecule has 0 spiro atoms. The number of aromatic nitrogens is 1. The molecule has 1 N–H and O–H groups in total. The Kier molecular flexibility index (Phi) is 5.30. The largest absolute Gasteiger partial charge is 0.456 e. The van der Waals surface area contributed by atoms with Crippen LogP contribution in [0, 0.1) is 13.8 Å². The zero-order chi connectivity index (χ0) is 16.8. The fourth-order valence-electron chi connectivity index (χ4n) is 1.98. The van der Waals surface area contributed by atoms with Crippen LogP contribution in [-0.2, 0) is 20.9 Å². The van der Waals surface area contributed by atoms with Crippen molar-refractivity contribution in [2.45, 2.75) is 27.4 Å². The molecule has 0 fully saturated rings. The summed E-state index contributed by atoms with van der Waals surface area (Å²) in [4.78, 5) is 23.5. The van der Waals surface area contributed by atoms with E-state index in [-0.39, 0.29) is 18.2 Å². The summed E-state index contributed by atoms with van der Waals surface area (Å²) in [6.45, 7) is 4.89. The summed E-state index contributed by atoms with van der Waals surface area (Å²) >= 11 is 0. The Morgan fingerprint density at radius 3 is 2.52 bits per heavy atom. The van der Waals surface area contributed by atoms with Crippen molar-refractivity contribution in [3.8, 4) is 0 Å². The number of hydrogen-bond acceptors (Lipinski definition) is 5. The van der Waals surface area contributed by atoms with E-state index in [1.165, 1.54) is 6.92 Å². The molecule has 6 heteroatoms. The Balaban J connectivity index is 2.14. The van der Waals surface area contributed by atoms with Crippen LogP contribution in [0.3, 0.4) is 0 Å². The van der Waals surface area contributed by atoms with Crippen LogP contribution in [0.2, 0.25) is 0 Å². The zero-order valence-corrected chi connectivity index (χ0v) is 13.3. The van der Waals surface area contributed by atoms with E-state index in [2.05, 4.69) is 10.5 Å². The second-order valence-corrected chi connectivity index (χ2v) is 5.03. The predicted molar refractivity (Wildman–Crippen MR) is 84.0 cm³/mol. The molecule has 1 aromatic heterocycles. The van der Waals surface area contributed by atoms with E-state index in [0.717, 1.165) is 11.1 Å². The van der Waals surface area contributed by atoms with Crippen LogP contribution in [0.25, 0.3) is 6.08 Å². The molecule has 0 atom stereocenters. The van der Waals surface area contributed by atoms with Crippen molar-refractivity contribution in [1.82, 2.24) is 10.5 Å². The number of carbonyl (C=O) groups is 2. The van der Waals surface area contributed by atoms with E-state index in [9.17, 15) is 9.59 Å². The highest BCUT2D eigenvalue weighted by molar-refractivity contribution is 5.97. The van der Waals surface area contributed by atoms with Gasteiger partial charge in [-0.3, -0.25) is 4.79 Å². The summed E-state index contributed by atoms with van der Waals surface area (Å²) in [7, 11) is 0. The van der Waals surface area contributed by atoms with Gasteiger partial charge in [0.05, 0.1) is 11.3 Å². The zero-order valence-electron chi connectivity index (χ0n) is 13.3. The molecule has 0 unspecified atom stereocenters. The van der Waals surface area contributed by atoms with Crippen LogP contribution in [0.5, 0.6) is 0 Å². The summed E-state index contributed by atoms with van der Waals surface area (Å²) < 4.78 is 10.3. The topological polar surface area (TPSA) is 81.4 Å². The van der Waals surface area contributed by atoms with Crippen LogP contribution in [0.4, 0.5) is 0 Å². The Bertz CT molecular complexity index is 713. The van der Waals surface area contributed by atoms with E-state index in [1.807, 2.05) is 30.3 Å². The van der Waals surface area contributed by atoms with Crippen molar-refractivity contribution in [3.05, 3.63) is 58.6 Å². The average Bonchev–Trinajstić information content (AvgIpc) is 2.83. The first-order valence-electron chi connectivity index (χ1n) is 7.10. The predicted octanol–water partition coefficient (Wildman–Crippen LogP) is 2.51. The van der Waals surface area contributed by atoms with E-state index >= 15 is 0 Å². The lowest BCUT2D eigenvalue weighted by Crippen LogP contribution is -2.26. The normalized spacial score (nSPS) is 11.2. The van der Waals surface area contributed by atoms with E-state index in [4.69, 9.17) is 9.26 Å². The van der Waals surface area contributed by atoms with Crippen LogP contribution >= 0.6 is 0 Å². The van der Waals surface area contributed by atoms with Crippen molar-refractivity contribution in [1.29, 1.82) is 0 Å². The third-order valence-electron chi connectivity index (χ3n) is 3.17. The molecule has 0 aliphatic rings. The molecule has 1 heterocycles. The smallest absolute Gasteiger partial charge is 0.355 e. The lowest BCUT2D eigenvalue weighted by molar-refractivity contribution is -0.141. The van der Waals surface area contributed by atoms with Crippen LogP contribution in [0.1, 0.15) is 29.5 Å². The van der Waals surface area contributed by atoms with Crippen molar-refractivity contribution >= 4 is 18.0 Å². The molecular weight excluding hydrogens is 296 g/mol. The minimum atomic E-state index is -0.621. The molecule has 0 saturated carbocycles. The van der Waals surface area contributed by atoms with Gasteiger partial charge >= 0.3 is 5.97 Å². The number of carbonyl (C=O) groups excluding carboxylic acids is 2. The van der Waals surface area contributed by atoms with Gasteiger partial charge in [0, 0.05) is 6.92 Å². The highest BCUT2D eigenvalue weighted by Crippen LogP contribution is 2.14. The molecule has 0 bridgehead atoms. The molecule has 1 amide bonds. The second kappa shape index (κ2) is 7.40. The van der Waals surface area contributed by atoms with Gasteiger partial charge in [-0.1, -0.05) is 35.5 Å². The summed E-state index contributed by atoms with van der Waals surface area (Å²) in [5.74, 6) is -0.367. The standard InChI is InChI=1S/C17H18N2O4/c1-11-15(12(2)23-19-11)10-22-17(21)16(18-13(3)20)9-14-7-5-4-6-8-14/h4-9H,10H2,1-3H3,(H,18,20)/b16-9+. The number of benzene rings is 1. The molecular formula is C17H18N2O4.